The number of oxazole rings is 1. The number of H-pyrrole nitrogens is 1. The maximum atomic E-state index is 10.6. The van der Waals surface area contributed by atoms with Crippen LogP contribution in [-0.4, -0.2) is 80.6 Å². The van der Waals surface area contributed by atoms with E-state index >= 15 is 0 Å². The molecule has 0 unspecified atom stereocenters. The molecule has 2 aliphatic heterocycles. The highest BCUT2D eigenvalue weighted by molar-refractivity contribution is 6.30. The predicted molar refractivity (Wildman–Crippen MR) is 140 cm³/mol. The number of hydrogen-bond acceptors (Lipinski definition) is 9. The molecule has 218 valence electrons. The van der Waals surface area contributed by atoms with Gasteiger partial charge in [0, 0.05) is 36.7 Å². The number of aryl methyl sites for hydroxylation is 2. The molecule has 11 nitrogen and oxygen atoms in total. The fraction of sp³-hybridized carbons (Fsp3) is 0.520. The van der Waals surface area contributed by atoms with Crippen LogP contribution in [0.4, 0.5) is 25.1 Å². The van der Waals surface area contributed by atoms with Gasteiger partial charge in [-0.3, -0.25) is 4.90 Å². The number of nitrogen functional groups attached to an aromatic ring is 1. The summed E-state index contributed by atoms with van der Waals surface area (Å²) in [6.45, 7) is 7.07. The quantitative estimate of drug-likeness (QED) is 0.402. The Hall–Kier alpha value is -3.36. The molecule has 0 aliphatic carbocycles. The zero-order chi connectivity index (χ0) is 29.0. The number of benzene rings is 1. The van der Waals surface area contributed by atoms with Crippen LogP contribution in [0.5, 0.6) is 0 Å². The first kappa shape index (κ1) is 29.6. The van der Waals surface area contributed by atoms with Crippen LogP contribution >= 0.6 is 11.6 Å². The highest BCUT2D eigenvalue weighted by Crippen LogP contribution is 2.32. The van der Waals surface area contributed by atoms with E-state index in [9.17, 15) is 13.2 Å². The number of carboxylic acid groups (broad SMARTS) is 1. The van der Waals surface area contributed by atoms with Crippen LogP contribution < -0.4 is 10.6 Å². The van der Waals surface area contributed by atoms with Crippen molar-refractivity contribution >= 4 is 29.5 Å². The Kier molecular flexibility index (Phi) is 9.21. The van der Waals surface area contributed by atoms with Gasteiger partial charge in [0.15, 0.2) is 0 Å². The maximum absolute atomic E-state index is 10.6. The maximum Gasteiger partial charge on any atom is 0.490 e. The minimum absolute atomic E-state index is 0.162. The van der Waals surface area contributed by atoms with Crippen molar-refractivity contribution in [3.63, 3.8) is 0 Å². The highest BCUT2D eigenvalue weighted by Gasteiger charge is 2.39. The topological polar surface area (TPSA) is 147 Å². The Morgan fingerprint density at radius 3 is 2.38 bits per heavy atom. The van der Waals surface area contributed by atoms with Crippen LogP contribution in [0.2, 0.25) is 5.02 Å². The average Bonchev–Trinajstić information content (AvgIpc) is 3.50. The van der Waals surface area contributed by atoms with Crippen molar-refractivity contribution in [1.29, 1.82) is 0 Å². The predicted octanol–water partition coefficient (Wildman–Crippen LogP) is 3.93. The molecule has 4 heterocycles. The fourth-order valence-electron chi connectivity index (χ4n) is 4.82. The number of piperidine rings is 1. The molecule has 0 amide bonds. The van der Waals surface area contributed by atoms with Gasteiger partial charge in [0.1, 0.15) is 11.9 Å². The number of nitrogens with two attached hydrogens (primary N) is 1. The number of halogens is 4. The summed E-state index contributed by atoms with van der Waals surface area (Å²) < 4.78 is 43.9. The van der Waals surface area contributed by atoms with Crippen molar-refractivity contribution in [3.05, 3.63) is 52.2 Å². The van der Waals surface area contributed by atoms with E-state index in [0.717, 1.165) is 55.4 Å². The third kappa shape index (κ3) is 7.43. The van der Waals surface area contributed by atoms with Crippen LogP contribution in [0.3, 0.4) is 0 Å². The van der Waals surface area contributed by atoms with Crippen LogP contribution in [-0.2, 0) is 16.0 Å². The summed E-state index contributed by atoms with van der Waals surface area (Å²) in [5.41, 5.74) is 7.89. The van der Waals surface area contributed by atoms with E-state index in [0.29, 0.717) is 30.4 Å². The summed E-state index contributed by atoms with van der Waals surface area (Å²) in [4.78, 5) is 22.6. The van der Waals surface area contributed by atoms with Crippen molar-refractivity contribution in [2.24, 2.45) is 0 Å². The second-order valence-corrected chi connectivity index (χ2v) is 10.2. The van der Waals surface area contributed by atoms with E-state index in [1.165, 1.54) is 5.56 Å². The third-order valence-corrected chi connectivity index (χ3v) is 7.24. The Labute approximate surface area is 233 Å². The Morgan fingerprint density at radius 1 is 1.20 bits per heavy atom. The number of nitrogens with zero attached hydrogens (tertiary/aromatic N) is 5. The van der Waals surface area contributed by atoms with Crippen molar-refractivity contribution < 1.29 is 32.2 Å². The number of rotatable bonds is 5. The molecular formula is C25H31ClF3N7O4. The van der Waals surface area contributed by atoms with E-state index in [1.807, 2.05) is 26.0 Å². The number of carbonyl (C=O) groups is 1. The van der Waals surface area contributed by atoms with Gasteiger partial charge < -0.3 is 24.9 Å². The number of carboxylic acids is 1. The Balaban J connectivity index is 0.000000470. The van der Waals surface area contributed by atoms with Crippen molar-refractivity contribution in [2.45, 2.75) is 57.5 Å². The lowest BCUT2D eigenvalue weighted by Gasteiger charge is -2.46. The van der Waals surface area contributed by atoms with Gasteiger partial charge in [-0.25, -0.2) is 14.9 Å². The van der Waals surface area contributed by atoms with Crippen LogP contribution in [0.15, 0.2) is 28.7 Å². The normalized spacial score (nSPS) is 20.7. The number of nitrogens with one attached hydrogen (secondary N) is 1. The van der Waals surface area contributed by atoms with Gasteiger partial charge in [-0.15, -0.1) is 5.10 Å². The van der Waals surface area contributed by atoms with Crippen LogP contribution in [0.25, 0.3) is 0 Å². The summed E-state index contributed by atoms with van der Waals surface area (Å²) in [5, 5.41) is 14.8. The molecule has 1 aromatic carbocycles. The molecule has 2 fully saturated rings. The number of ether oxygens (including phenoxy) is 1. The van der Waals surface area contributed by atoms with Gasteiger partial charge in [0.05, 0.1) is 12.3 Å². The van der Waals surface area contributed by atoms with Crippen molar-refractivity contribution in [3.8, 4) is 0 Å². The molecular weight excluding hydrogens is 555 g/mol. The van der Waals surface area contributed by atoms with Gasteiger partial charge >= 0.3 is 12.1 Å². The average molecular weight is 586 g/mol. The number of anilines is 2. The first-order chi connectivity index (χ1) is 18.9. The van der Waals surface area contributed by atoms with Crippen molar-refractivity contribution in [2.75, 3.05) is 36.9 Å². The highest BCUT2D eigenvalue weighted by atomic mass is 35.5. The van der Waals surface area contributed by atoms with E-state index in [4.69, 9.17) is 36.4 Å². The van der Waals surface area contributed by atoms with Gasteiger partial charge in [-0.1, -0.05) is 23.7 Å². The zero-order valence-corrected chi connectivity index (χ0v) is 22.7. The Bertz CT molecular complexity index is 1260. The lowest BCUT2D eigenvalue weighted by Crippen LogP contribution is -2.55. The minimum atomic E-state index is -5.08. The minimum Gasteiger partial charge on any atom is -0.475 e. The van der Waals surface area contributed by atoms with Crippen LogP contribution in [0, 0.1) is 13.8 Å². The lowest BCUT2D eigenvalue weighted by atomic mass is 9.96. The molecule has 2 aliphatic rings. The smallest absolute Gasteiger partial charge is 0.475 e. The van der Waals surface area contributed by atoms with Gasteiger partial charge in [-0.2, -0.15) is 18.2 Å². The van der Waals surface area contributed by atoms with Crippen LogP contribution in [0.1, 0.15) is 41.9 Å². The first-order valence-corrected chi connectivity index (χ1v) is 13.1. The summed E-state index contributed by atoms with van der Waals surface area (Å²) in [6.07, 6.45) is -2.31. The number of morpholine rings is 1. The molecule has 2 saturated heterocycles. The number of hydrogen-bond donors (Lipinski definition) is 3. The van der Waals surface area contributed by atoms with Gasteiger partial charge in [-0.05, 0) is 50.8 Å². The molecule has 2 aromatic heterocycles. The SMILES string of the molecule is Cc1nc([C@H]2CN(C3CCN(c4n[nH]c(N)n4)CC3)[C@@H](Cc3ccc(Cl)cc3)CO2)oc1C.O=C(O)C(F)(F)F. The number of alkyl halides is 3. The fourth-order valence-corrected chi connectivity index (χ4v) is 4.95. The van der Waals surface area contributed by atoms with E-state index < -0.39 is 12.1 Å². The molecule has 40 heavy (non-hydrogen) atoms. The second-order valence-electron chi connectivity index (χ2n) is 9.74. The molecule has 4 N–H and O–H groups in total. The lowest BCUT2D eigenvalue weighted by molar-refractivity contribution is -0.192. The third-order valence-electron chi connectivity index (χ3n) is 6.99. The molecule has 15 heteroatoms. The number of aromatic nitrogens is 4. The molecule has 5 rings (SSSR count). The monoisotopic (exact) mass is 585 g/mol. The standard InChI is InChI=1S/C23H30ClN7O2.C2HF3O2/c1-14-15(2)33-21(26-14)20-12-31(19(13-32-20)11-16-3-5-17(24)6-4-16)18-7-9-30(10-8-18)23-27-22(25)28-29-23;3-2(4,5)1(6)7/h3-6,18-20H,7-13H2,1-2H3,(H3,25,27,28,29);(H,6,7)/t19-,20+;/m0./s1. The molecule has 3 aromatic rings. The molecule has 0 saturated carbocycles. The van der Waals surface area contributed by atoms with E-state index in [1.54, 1.807) is 0 Å². The largest absolute Gasteiger partial charge is 0.490 e. The van der Waals surface area contributed by atoms with E-state index in [-0.39, 0.29) is 12.1 Å². The number of aliphatic carboxylic acids is 1. The van der Waals surface area contributed by atoms with Crippen molar-refractivity contribution in [1.82, 2.24) is 25.1 Å². The Morgan fingerprint density at radius 2 is 1.85 bits per heavy atom. The molecule has 0 bridgehead atoms. The molecule has 0 spiro atoms. The first-order valence-electron chi connectivity index (χ1n) is 12.7. The zero-order valence-electron chi connectivity index (χ0n) is 22.0. The summed E-state index contributed by atoms with van der Waals surface area (Å²) in [7, 11) is 0. The summed E-state index contributed by atoms with van der Waals surface area (Å²) in [5.74, 6) is -0.208. The molecule has 0 radical (unpaired) electrons. The second kappa shape index (κ2) is 12.4. The van der Waals surface area contributed by atoms with Gasteiger partial charge in [0.25, 0.3) is 0 Å². The summed E-state index contributed by atoms with van der Waals surface area (Å²) >= 11 is 6.09. The molecule has 2 atom stereocenters. The van der Waals surface area contributed by atoms with Gasteiger partial charge in [0.2, 0.25) is 17.8 Å². The number of aromatic amines is 1. The van der Waals surface area contributed by atoms with E-state index in [2.05, 4.69) is 42.1 Å². The summed E-state index contributed by atoms with van der Waals surface area (Å²) in [6, 6.07) is 8.81.